The highest BCUT2D eigenvalue weighted by molar-refractivity contribution is 5.69. The van der Waals surface area contributed by atoms with Crippen LogP contribution < -0.4 is 5.73 Å². The average molecular weight is 131 g/mol. The molecule has 54 valence electrons. The van der Waals surface area contributed by atoms with Crippen LogP contribution in [-0.2, 0) is 4.79 Å². The molecule has 0 aliphatic heterocycles. The van der Waals surface area contributed by atoms with Crippen molar-refractivity contribution in [2.45, 2.75) is 19.8 Å². The average Bonchev–Trinajstić information content (AvgIpc) is 1.82. The predicted octanol–water partition coefficient (Wildman–Crippen LogP) is 0.446. The summed E-state index contributed by atoms with van der Waals surface area (Å²) in [6.45, 7) is 2.27. The van der Waals surface area contributed by atoms with Crippen LogP contribution in [0.5, 0.6) is 0 Å². The molecule has 0 bridgehead atoms. The first-order valence-electron chi connectivity index (χ1n) is 3.11. The van der Waals surface area contributed by atoms with Gasteiger partial charge in [0.2, 0.25) is 0 Å². The van der Waals surface area contributed by atoms with Gasteiger partial charge < -0.3 is 10.8 Å². The molecule has 0 aromatic heterocycles. The summed E-state index contributed by atoms with van der Waals surface area (Å²) in [5, 5.41) is 8.37. The molecular formula is C6H13NO2. The van der Waals surface area contributed by atoms with E-state index in [0.717, 1.165) is 6.42 Å². The van der Waals surface area contributed by atoms with Crippen molar-refractivity contribution in [3.8, 4) is 0 Å². The predicted molar refractivity (Wildman–Crippen MR) is 35.1 cm³/mol. The molecule has 0 aromatic rings. The van der Waals surface area contributed by atoms with Crippen molar-refractivity contribution in [2.75, 3.05) is 6.54 Å². The summed E-state index contributed by atoms with van der Waals surface area (Å²) in [6.07, 6.45) is 1.49. The largest absolute Gasteiger partial charge is 0.481 e. The molecule has 0 rings (SSSR count). The molecule has 1 atom stereocenters. The smallest absolute Gasteiger partial charge is 0.306 e. The molecule has 3 nitrogen and oxygen atoms in total. The molecule has 0 radical (unpaired) electrons. The maximum Gasteiger partial charge on any atom is 0.306 e. The number of carboxylic acid groups (broad SMARTS) is 1. The van der Waals surface area contributed by atoms with Crippen LogP contribution in [0.4, 0.5) is 0 Å². The van der Waals surface area contributed by atoms with Crippen molar-refractivity contribution in [3.05, 3.63) is 0 Å². The lowest BCUT2D eigenvalue weighted by molar-refractivity contribution is -0.141. The lowest BCUT2D eigenvalue weighted by Gasteiger charge is -2.02. The Morgan fingerprint density at radius 3 is 2.67 bits per heavy atom. The van der Waals surface area contributed by atoms with Gasteiger partial charge in [-0.05, 0) is 19.4 Å². The standard InChI is InChI=1S/C6H13NO2/c1-5(6(8)9)3-2-4-7/h5H,2-4,7H2,1H3,(H,8,9)/t5-/m1/s1. The second-order valence-electron chi connectivity index (χ2n) is 2.17. The Hall–Kier alpha value is -0.570. The molecule has 9 heavy (non-hydrogen) atoms. The van der Waals surface area contributed by atoms with Crippen LogP contribution in [0.15, 0.2) is 0 Å². The summed E-state index contributed by atoms with van der Waals surface area (Å²) in [6, 6.07) is 0. The first kappa shape index (κ1) is 8.43. The van der Waals surface area contributed by atoms with Gasteiger partial charge in [-0.2, -0.15) is 0 Å². The fraction of sp³-hybridized carbons (Fsp3) is 0.833. The summed E-state index contributed by atoms with van der Waals surface area (Å²) in [5.41, 5.74) is 5.18. The van der Waals surface area contributed by atoms with E-state index >= 15 is 0 Å². The number of hydrogen-bond acceptors (Lipinski definition) is 2. The SMILES string of the molecule is C[C@H](CCCN)C(=O)O. The van der Waals surface area contributed by atoms with E-state index in [9.17, 15) is 4.79 Å². The summed E-state index contributed by atoms with van der Waals surface area (Å²) in [7, 11) is 0. The van der Waals surface area contributed by atoms with Crippen LogP contribution in [0.25, 0.3) is 0 Å². The third kappa shape index (κ3) is 3.97. The Labute approximate surface area is 54.9 Å². The molecule has 3 N–H and O–H groups in total. The second-order valence-corrected chi connectivity index (χ2v) is 2.17. The molecule has 0 spiro atoms. The van der Waals surface area contributed by atoms with Crippen LogP contribution in [0.1, 0.15) is 19.8 Å². The van der Waals surface area contributed by atoms with Gasteiger partial charge >= 0.3 is 5.97 Å². The normalized spacial score (nSPS) is 13.1. The van der Waals surface area contributed by atoms with Crippen molar-refractivity contribution < 1.29 is 9.90 Å². The minimum absolute atomic E-state index is 0.242. The highest BCUT2D eigenvalue weighted by Crippen LogP contribution is 2.03. The Balaban J connectivity index is 3.27. The first-order valence-corrected chi connectivity index (χ1v) is 3.11. The van der Waals surface area contributed by atoms with Crippen molar-refractivity contribution in [3.63, 3.8) is 0 Å². The summed E-state index contributed by atoms with van der Waals surface area (Å²) < 4.78 is 0. The van der Waals surface area contributed by atoms with Crippen LogP contribution >= 0.6 is 0 Å². The third-order valence-electron chi connectivity index (χ3n) is 1.26. The van der Waals surface area contributed by atoms with Crippen LogP contribution in [0, 0.1) is 5.92 Å². The molecule has 0 saturated carbocycles. The van der Waals surface area contributed by atoms with Crippen molar-refractivity contribution in [2.24, 2.45) is 11.7 Å². The van der Waals surface area contributed by atoms with E-state index in [1.54, 1.807) is 6.92 Å². The highest BCUT2D eigenvalue weighted by atomic mass is 16.4. The molecule has 0 aliphatic carbocycles. The molecule has 0 aliphatic rings. The monoisotopic (exact) mass is 131 g/mol. The molecule has 0 heterocycles. The molecule has 3 heteroatoms. The van der Waals surface area contributed by atoms with Crippen molar-refractivity contribution >= 4 is 5.97 Å². The molecule has 0 amide bonds. The number of rotatable bonds is 4. The Morgan fingerprint density at radius 1 is 1.78 bits per heavy atom. The highest BCUT2D eigenvalue weighted by Gasteiger charge is 2.08. The van der Waals surface area contributed by atoms with E-state index in [1.807, 2.05) is 0 Å². The van der Waals surface area contributed by atoms with E-state index in [-0.39, 0.29) is 5.92 Å². The van der Waals surface area contributed by atoms with E-state index in [0.29, 0.717) is 13.0 Å². The van der Waals surface area contributed by atoms with Gasteiger partial charge in [0.25, 0.3) is 0 Å². The number of carboxylic acids is 1. The zero-order valence-electron chi connectivity index (χ0n) is 5.63. The molecule has 0 aromatic carbocycles. The number of carbonyl (C=O) groups is 1. The zero-order chi connectivity index (χ0) is 7.28. The Kier molecular flexibility index (Phi) is 4.05. The quantitative estimate of drug-likeness (QED) is 0.582. The zero-order valence-corrected chi connectivity index (χ0v) is 5.63. The minimum Gasteiger partial charge on any atom is -0.481 e. The minimum atomic E-state index is -0.733. The molecule has 0 unspecified atom stereocenters. The van der Waals surface area contributed by atoms with Crippen molar-refractivity contribution in [1.82, 2.24) is 0 Å². The van der Waals surface area contributed by atoms with Gasteiger partial charge in [-0.15, -0.1) is 0 Å². The van der Waals surface area contributed by atoms with E-state index in [2.05, 4.69) is 0 Å². The lowest BCUT2D eigenvalue weighted by atomic mass is 10.1. The molecule has 0 saturated heterocycles. The van der Waals surface area contributed by atoms with Gasteiger partial charge in [-0.3, -0.25) is 4.79 Å². The topological polar surface area (TPSA) is 63.3 Å². The summed E-state index contributed by atoms with van der Waals surface area (Å²) in [4.78, 5) is 10.2. The van der Waals surface area contributed by atoms with E-state index < -0.39 is 5.97 Å². The van der Waals surface area contributed by atoms with E-state index in [4.69, 9.17) is 10.8 Å². The maximum absolute atomic E-state index is 10.2. The van der Waals surface area contributed by atoms with Crippen molar-refractivity contribution in [1.29, 1.82) is 0 Å². The lowest BCUT2D eigenvalue weighted by Crippen LogP contribution is -2.11. The van der Waals surface area contributed by atoms with E-state index in [1.165, 1.54) is 0 Å². The number of nitrogens with two attached hydrogens (primary N) is 1. The van der Waals surface area contributed by atoms with Crippen LogP contribution in [0.3, 0.4) is 0 Å². The second kappa shape index (κ2) is 4.32. The van der Waals surface area contributed by atoms with Crippen LogP contribution in [-0.4, -0.2) is 17.6 Å². The maximum atomic E-state index is 10.2. The van der Waals surface area contributed by atoms with Gasteiger partial charge in [0.15, 0.2) is 0 Å². The summed E-state index contributed by atoms with van der Waals surface area (Å²) >= 11 is 0. The number of aliphatic carboxylic acids is 1. The Bertz CT molecular complexity index is 93.1. The number of hydrogen-bond donors (Lipinski definition) is 2. The van der Waals surface area contributed by atoms with Crippen LogP contribution in [0.2, 0.25) is 0 Å². The van der Waals surface area contributed by atoms with Gasteiger partial charge in [-0.1, -0.05) is 6.92 Å². The third-order valence-corrected chi connectivity index (χ3v) is 1.26. The van der Waals surface area contributed by atoms with Gasteiger partial charge in [0.05, 0.1) is 5.92 Å². The van der Waals surface area contributed by atoms with Gasteiger partial charge in [-0.25, -0.2) is 0 Å². The van der Waals surface area contributed by atoms with Gasteiger partial charge in [0, 0.05) is 0 Å². The van der Waals surface area contributed by atoms with Gasteiger partial charge in [0.1, 0.15) is 0 Å². The fourth-order valence-corrected chi connectivity index (χ4v) is 0.548. The fourth-order valence-electron chi connectivity index (χ4n) is 0.548. The summed E-state index contributed by atoms with van der Waals surface area (Å²) in [5.74, 6) is -0.975. The first-order chi connectivity index (χ1) is 4.18. The molecule has 0 fully saturated rings. The molecular weight excluding hydrogens is 118 g/mol. The Morgan fingerprint density at radius 2 is 2.33 bits per heavy atom.